The summed E-state index contributed by atoms with van der Waals surface area (Å²) >= 11 is 1.39. The number of anilines is 1. The maximum atomic E-state index is 12.4. The summed E-state index contributed by atoms with van der Waals surface area (Å²) in [5.41, 5.74) is 2.43. The van der Waals surface area contributed by atoms with Gasteiger partial charge in [-0.2, -0.15) is 0 Å². The molecule has 0 saturated heterocycles. The third-order valence-electron chi connectivity index (χ3n) is 4.79. The van der Waals surface area contributed by atoms with E-state index in [4.69, 9.17) is 9.15 Å². The molecule has 5 rings (SSSR count). The number of carbonyl (C=O) groups is 1. The summed E-state index contributed by atoms with van der Waals surface area (Å²) in [6, 6.07) is 13.4. The molecule has 3 heterocycles. The highest BCUT2D eigenvalue weighted by molar-refractivity contribution is 7.19. The van der Waals surface area contributed by atoms with E-state index in [1.807, 2.05) is 61.1 Å². The van der Waals surface area contributed by atoms with Crippen molar-refractivity contribution >= 4 is 44.3 Å². The molecule has 7 nitrogen and oxygen atoms in total. The Labute approximate surface area is 175 Å². The van der Waals surface area contributed by atoms with E-state index >= 15 is 0 Å². The first-order valence-corrected chi connectivity index (χ1v) is 10.2. The summed E-state index contributed by atoms with van der Waals surface area (Å²) in [5.74, 6) is 1.16. The van der Waals surface area contributed by atoms with Crippen LogP contribution in [0.3, 0.4) is 0 Å². The van der Waals surface area contributed by atoms with Crippen molar-refractivity contribution < 1.29 is 13.9 Å². The Bertz CT molecular complexity index is 1380. The molecule has 0 fully saturated rings. The van der Waals surface area contributed by atoms with Gasteiger partial charge in [0, 0.05) is 30.2 Å². The lowest BCUT2D eigenvalue weighted by Gasteiger charge is -2.05. The van der Waals surface area contributed by atoms with Gasteiger partial charge in [0.1, 0.15) is 16.9 Å². The third kappa shape index (κ3) is 3.31. The first-order chi connectivity index (χ1) is 14.6. The van der Waals surface area contributed by atoms with Crippen LogP contribution in [0.1, 0.15) is 5.69 Å². The fraction of sp³-hybridized carbons (Fsp3) is 0.136. The molecule has 1 amide bonds. The van der Waals surface area contributed by atoms with Crippen LogP contribution >= 0.6 is 11.3 Å². The molecule has 0 aliphatic rings. The molecule has 3 aromatic heterocycles. The Kier molecular flexibility index (Phi) is 4.48. The smallest absolute Gasteiger partial charge is 0.264 e. The quantitative estimate of drug-likeness (QED) is 0.445. The van der Waals surface area contributed by atoms with E-state index in [0.29, 0.717) is 10.9 Å². The third-order valence-corrected chi connectivity index (χ3v) is 5.85. The second kappa shape index (κ2) is 7.31. The number of hydrogen-bond acceptors (Lipinski definition) is 6. The van der Waals surface area contributed by atoms with E-state index in [1.165, 1.54) is 11.3 Å². The Morgan fingerprint density at radius 3 is 2.87 bits per heavy atom. The number of aryl methyl sites for hydroxylation is 2. The Morgan fingerprint density at radius 1 is 1.20 bits per heavy atom. The number of nitrogens with zero attached hydrogens (tertiary/aromatic N) is 3. The molecule has 0 saturated carbocycles. The van der Waals surface area contributed by atoms with Crippen molar-refractivity contribution in [3.63, 3.8) is 0 Å². The molecule has 0 aliphatic carbocycles. The fourth-order valence-electron chi connectivity index (χ4n) is 3.34. The molecule has 8 heteroatoms. The van der Waals surface area contributed by atoms with Crippen molar-refractivity contribution in [3.05, 3.63) is 60.6 Å². The number of imidazole rings is 1. The van der Waals surface area contributed by atoms with Crippen LogP contribution in [0.25, 0.3) is 32.6 Å². The minimum absolute atomic E-state index is 0.113. The number of para-hydroxylation sites is 1. The SMILES string of the molecule is Cc1nc(NC(=O)COc2ccc3oc4ccccc4c3c2)sc1-c1nccn1C. The lowest BCUT2D eigenvalue weighted by molar-refractivity contribution is -0.118. The Hall–Kier alpha value is -3.65. The van der Waals surface area contributed by atoms with Crippen molar-refractivity contribution in [3.8, 4) is 16.5 Å². The first-order valence-electron chi connectivity index (χ1n) is 9.37. The molecule has 0 aliphatic heterocycles. The second-order valence-electron chi connectivity index (χ2n) is 6.89. The summed E-state index contributed by atoms with van der Waals surface area (Å²) in [6.07, 6.45) is 3.61. The second-order valence-corrected chi connectivity index (χ2v) is 7.89. The van der Waals surface area contributed by atoms with Crippen molar-refractivity contribution in [1.29, 1.82) is 0 Å². The summed E-state index contributed by atoms with van der Waals surface area (Å²) in [6.45, 7) is 1.79. The number of ether oxygens (including phenoxy) is 1. The highest BCUT2D eigenvalue weighted by atomic mass is 32.1. The average Bonchev–Trinajstić information content (AvgIpc) is 3.42. The maximum Gasteiger partial charge on any atom is 0.264 e. The van der Waals surface area contributed by atoms with Crippen LogP contribution in [0.5, 0.6) is 5.75 Å². The number of hydrogen-bond donors (Lipinski definition) is 1. The van der Waals surface area contributed by atoms with Crippen LogP contribution in [-0.4, -0.2) is 27.0 Å². The number of furan rings is 1. The van der Waals surface area contributed by atoms with Gasteiger partial charge < -0.3 is 13.7 Å². The van der Waals surface area contributed by atoms with E-state index < -0.39 is 0 Å². The van der Waals surface area contributed by atoms with Crippen molar-refractivity contribution in [2.75, 3.05) is 11.9 Å². The fourth-order valence-corrected chi connectivity index (χ4v) is 4.36. The van der Waals surface area contributed by atoms with Crippen molar-refractivity contribution in [2.45, 2.75) is 6.92 Å². The summed E-state index contributed by atoms with van der Waals surface area (Å²) in [4.78, 5) is 22.1. The molecule has 1 N–H and O–H groups in total. The monoisotopic (exact) mass is 418 g/mol. The predicted octanol–water partition coefficient (Wildman–Crippen LogP) is 4.77. The zero-order valence-electron chi connectivity index (χ0n) is 16.4. The molecule has 150 valence electrons. The van der Waals surface area contributed by atoms with E-state index in [-0.39, 0.29) is 12.5 Å². The Balaban J connectivity index is 1.29. The van der Waals surface area contributed by atoms with Crippen LogP contribution in [0.4, 0.5) is 5.13 Å². The number of benzene rings is 2. The topological polar surface area (TPSA) is 82.2 Å². The molecule has 2 aromatic carbocycles. The van der Waals surface area contributed by atoms with Gasteiger partial charge >= 0.3 is 0 Å². The van der Waals surface area contributed by atoms with Crippen LogP contribution < -0.4 is 10.1 Å². The number of rotatable bonds is 5. The van der Waals surface area contributed by atoms with Crippen molar-refractivity contribution in [1.82, 2.24) is 14.5 Å². The van der Waals surface area contributed by atoms with Gasteiger partial charge in [-0.15, -0.1) is 0 Å². The normalized spacial score (nSPS) is 11.3. The zero-order chi connectivity index (χ0) is 20.7. The highest BCUT2D eigenvalue weighted by Crippen LogP contribution is 2.32. The largest absolute Gasteiger partial charge is 0.484 e. The van der Waals surface area contributed by atoms with Crippen LogP contribution in [0.15, 0.2) is 59.3 Å². The molecular formula is C22H18N4O3S. The predicted molar refractivity (Wildman–Crippen MR) is 117 cm³/mol. The first kappa shape index (κ1) is 18.4. The number of thiazole rings is 1. The molecule has 5 aromatic rings. The van der Waals surface area contributed by atoms with Gasteiger partial charge in [0.15, 0.2) is 17.6 Å². The average molecular weight is 418 g/mol. The van der Waals surface area contributed by atoms with E-state index in [1.54, 1.807) is 12.3 Å². The van der Waals surface area contributed by atoms with Crippen LogP contribution in [-0.2, 0) is 11.8 Å². The Morgan fingerprint density at radius 2 is 2.03 bits per heavy atom. The standard InChI is InChI=1S/C22H18N4O3S/c1-13-20(21-23-9-10-26(21)2)30-22(24-13)25-19(27)12-28-14-7-8-18-16(11-14)15-5-3-4-6-17(15)29-18/h3-11H,12H2,1-2H3,(H,24,25,27). The lowest BCUT2D eigenvalue weighted by Crippen LogP contribution is -2.20. The number of aromatic nitrogens is 3. The van der Waals surface area contributed by atoms with Gasteiger partial charge in [0.05, 0.1) is 10.6 Å². The summed E-state index contributed by atoms with van der Waals surface area (Å²) in [7, 11) is 1.92. The van der Waals surface area contributed by atoms with Gasteiger partial charge in [-0.05, 0) is 31.2 Å². The van der Waals surface area contributed by atoms with Gasteiger partial charge in [-0.25, -0.2) is 9.97 Å². The van der Waals surface area contributed by atoms with Gasteiger partial charge in [0.25, 0.3) is 5.91 Å². The van der Waals surface area contributed by atoms with Crippen LogP contribution in [0, 0.1) is 6.92 Å². The number of carbonyl (C=O) groups excluding carboxylic acids is 1. The minimum atomic E-state index is -0.271. The molecule has 0 atom stereocenters. The lowest BCUT2D eigenvalue weighted by atomic mass is 10.1. The van der Waals surface area contributed by atoms with E-state index in [0.717, 1.165) is 38.3 Å². The number of nitrogens with one attached hydrogen (secondary N) is 1. The molecule has 0 unspecified atom stereocenters. The molecule has 30 heavy (non-hydrogen) atoms. The van der Waals surface area contributed by atoms with Crippen molar-refractivity contribution in [2.24, 2.45) is 7.05 Å². The van der Waals surface area contributed by atoms with Gasteiger partial charge in [0.2, 0.25) is 0 Å². The zero-order valence-corrected chi connectivity index (χ0v) is 17.2. The highest BCUT2D eigenvalue weighted by Gasteiger charge is 2.15. The van der Waals surface area contributed by atoms with E-state index in [2.05, 4.69) is 15.3 Å². The molecular weight excluding hydrogens is 400 g/mol. The van der Waals surface area contributed by atoms with E-state index in [9.17, 15) is 4.79 Å². The summed E-state index contributed by atoms with van der Waals surface area (Å²) in [5, 5.41) is 5.30. The minimum Gasteiger partial charge on any atom is -0.484 e. The van der Waals surface area contributed by atoms with Gasteiger partial charge in [-0.1, -0.05) is 29.5 Å². The molecule has 0 spiro atoms. The summed E-state index contributed by atoms with van der Waals surface area (Å²) < 4.78 is 13.4. The van der Waals surface area contributed by atoms with Gasteiger partial charge in [-0.3, -0.25) is 10.1 Å². The molecule has 0 bridgehead atoms. The maximum absolute atomic E-state index is 12.4. The molecule has 0 radical (unpaired) electrons. The number of fused-ring (bicyclic) bond motifs is 3. The number of amides is 1. The van der Waals surface area contributed by atoms with Crippen LogP contribution in [0.2, 0.25) is 0 Å².